The van der Waals surface area contributed by atoms with E-state index in [2.05, 4.69) is 5.32 Å². The number of para-hydroxylation sites is 1. The summed E-state index contributed by atoms with van der Waals surface area (Å²) in [5.74, 6) is 1.98. The average Bonchev–Trinajstić information content (AvgIpc) is 2.76. The third-order valence-electron chi connectivity index (χ3n) is 4.27. The van der Waals surface area contributed by atoms with Gasteiger partial charge in [0.1, 0.15) is 12.4 Å². The van der Waals surface area contributed by atoms with Crippen LogP contribution in [0.4, 0.5) is 0 Å². The first kappa shape index (κ1) is 19.3. The monoisotopic (exact) mass is 377 g/mol. The lowest BCUT2D eigenvalue weighted by molar-refractivity contribution is 0.0951. The highest BCUT2D eigenvalue weighted by Gasteiger charge is 2.08. The van der Waals surface area contributed by atoms with Crippen molar-refractivity contribution in [2.75, 3.05) is 14.2 Å². The smallest absolute Gasteiger partial charge is 0.251 e. The van der Waals surface area contributed by atoms with Gasteiger partial charge in [-0.3, -0.25) is 4.79 Å². The topological polar surface area (TPSA) is 56.8 Å². The fourth-order valence-corrected chi connectivity index (χ4v) is 2.71. The van der Waals surface area contributed by atoms with E-state index < -0.39 is 0 Å². The molecule has 0 saturated carbocycles. The zero-order valence-electron chi connectivity index (χ0n) is 16.0. The zero-order chi connectivity index (χ0) is 19.8. The van der Waals surface area contributed by atoms with E-state index in [1.54, 1.807) is 26.4 Å². The van der Waals surface area contributed by atoms with Crippen molar-refractivity contribution in [2.45, 2.75) is 13.2 Å². The molecule has 28 heavy (non-hydrogen) atoms. The first-order valence-corrected chi connectivity index (χ1v) is 8.95. The molecule has 0 fully saturated rings. The minimum absolute atomic E-state index is 0.134. The lowest BCUT2D eigenvalue weighted by Crippen LogP contribution is -2.22. The van der Waals surface area contributed by atoms with Crippen LogP contribution >= 0.6 is 0 Å². The Hall–Kier alpha value is -3.47. The maximum atomic E-state index is 12.4. The minimum Gasteiger partial charge on any atom is -0.493 e. The summed E-state index contributed by atoms with van der Waals surface area (Å²) in [7, 11) is 3.18. The van der Waals surface area contributed by atoms with Crippen LogP contribution in [-0.4, -0.2) is 20.1 Å². The lowest BCUT2D eigenvalue weighted by atomic mass is 10.1. The van der Waals surface area contributed by atoms with E-state index in [0.717, 1.165) is 16.9 Å². The summed E-state index contributed by atoms with van der Waals surface area (Å²) in [6, 6.07) is 22.6. The van der Waals surface area contributed by atoms with Crippen molar-refractivity contribution in [2.24, 2.45) is 0 Å². The molecule has 3 aromatic carbocycles. The maximum absolute atomic E-state index is 12.4. The van der Waals surface area contributed by atoms with Crippen LogP contribution in [0.1, 0.15) is 21.5 Å². The van der Waals surface area contributed by atoms with Crippen LogP contribution in [0.2, 0.25) is 0 Å². The molecule has 0 bridgehead atoms. The fraction of sp³-hybridized carbons (Fsp3) is 0.174. The van der Waals surface area contributed by atoms with Gasteiger partial charge in [-0.05, 0) is 47.5 Å². The van der Waals surface area contributed by atoms with E-state index >= 15 is 0 Å². The second-order valence-electron chi connectivity index (χ2n) is 6.17. The third-order valence-corrected chi connectivity index (χ3v) is 4.27. The summed E-state index contributed by atoms with van der Waals surface area (Å²) < 4.78 is 16.2. The zero-order valence-corrected chi connectivity index (χ0v) is 16.0. The molecule has 0 aliphatic carbocycles. The van der Waals surface area contributed by atoms with Crippen LogP contribution in [-0.2, 0) is 13.2 Å². The van der Waals surface area contributed by atoms with Crippen molar-refractivity contribution in [1.82, 2.24) is 5.32 Å². The molecule has 0 spiro atoms. The highest BCUT2D eigenvalue weighted by atomic mass is 16.5. The van der Waals surface area contributed by atoms with Gasteiger partial charge in [-0.2, -0.15) is 0 Å². The molecule has 0 saturated heterocycles. The Morgan fingerprint density at radius 1 is 0.821 bits per heavy atom. The second-order valence-corrected chi connectivity index (χ2v) is 6.17. The number of carbonyl (C=O) groups is 1. The van der Waals surface area contributed by atoms with Gasteiger partial charge in [-0.1, -0.05) is 36.4 Å². The fourth-order valence-electron chi connectivity index (χ4n) is 2.71. The minimum atomic E-state index is -0.134. The van der Waals surface area contributed by atoms with Gasteiger partial charge in [0.05, 0.1) is 14.2 Å². The van der Waals surface area contributed by atoms with Gasteiger partial charge >= 0.3 is 0 Å². The van der Waals surface area contributed by atoms with Crippen molar-refractivity contribution in [1.29, 1.82) is 0 Å². The van der Waals surface area contributed by atoms with E-state index in [-0.39, 0.29) is 5.91 Å². The van der Waals surface area contributed by atoms with Gasteiger partial charge in [-0.15, -0.1) is 0 Å². The standard InChI is InChI=1S/C23H23NO4/c1-26-21-13-10-18(14-22(21)27-2)15-24-23(25)19-11-8-17(9-12-19)16-28-20-6-4-3-5-7-20/h3-14H,15-16H2,1-2H3,(H,24,25). The van der Waals surface area contributed by atoms with Gasteiger partial charge < -0.3 is 19.5 Å². The summed E-state index contributed by atoms with van der Waals surface area (Å²) in [6.07, 6.45) is 0. The number of ether oxygens (including phenoxy) is 3. The van der Waals surface area contributed by atoms with Crippen molar-refractivity contribution in [3.05, 3.63) is 89.5 Å². The van der Waals surface area contributed by atoms with E-state index in [0.29, 0.717) is 30.2 Å². The average molecular weight is 377 g/mol. The first-order valence-electron chi connectivity index (χ1n) is 8.95. The summed E-state index contributed by atoms with van der Waals surface area (Å²) in [5.41, 5.74) is 2.53. The number of carbonyl (C=O) groups excluding carboxylic acids is 1. The molecule has 1 amide bonds. The Kier molecular flexibility index (Phi) is 6.52. The molecule has 5 nitrogen and oxygen atoms in total. The van der Waals surface area contributed by atoms with E-state index in [1.807, 2.05) is 60.7 Å². The van der Waals surface area contributed by atoms with Crippen LogP contribution in [0.15, 0.2) is 72.8 Å². The van der Waals surface area contributed by atoms with Crippen molar-refractivity contribution >= 4 is 5.91 Å². The molecule has 0 radical (unpaired) electrons. The SMILES string of the molecule is COc1ccc(CNC(=O)c2ccc(COc3ccccc3)cc2)cc1OC. The number of amides is 1. The Bertz CT molecular complexity index is 908. The molecule has 144 valence electrons. The van der Waals surface area contributed by atoms with Crippen LogP contribution < -0.4 is 19.5 Å². The normalized spacial score (nSPS) is 10.2. The molecule has 0 heterocycles. The summed E-state index contributed by atoms with van der Waals surface area (Å²) >= 11 is 0. The summed E-state index contributed by atoms with van der Waals surface area (Å²) in [4.78, 5) is 12.4. The highest BCUT2D eigenvalue weighted by molar-refractivity contribution is 5.94. The van der Waals surface area contributed by atoms with Gasteiger partial charge in [0.15, 0.2) is 11.5 Å². The van der Waals surface area contributed by atoms with E-state index in [1.165, 1.54) is 0 Å². The van der Waals surface area contributed by atoms with Gasteiger partial charge in [0.25, 0.3) is 5.91 Å². The van der Waals surface area contributed by atoms with Crippen LogP contribution in [0.25, 0.3) is 0 Å². The molecule has 1 N–H and O–H groups in total. The lowest BCUT2D eigenvalue weighted by Gasteiger charge is -2.11. The molecule has 3 aromatic rings. The first-order chi connectivity index (χ1) is 13.7. The van der Waals surface area contributed by atoms with Crippen LogP contribution in [0.3, 0.4) is 0 Å². The molecule has 0 aliphatic heterocycles. The van der Waals surface area contributed by atoms with Gasteiger partial charge in [0, 0.05) is 12.1 Å². The molecular weight excluding hydrogens is 354 g/mol. The quantitative estimate of drug-likeness (QED) is 0.639. The van der Waals surface area contributed by atoms with E-state index in [4.69, 9.17) is 14.2 Å². The molecule has 0 unspecified atom stereocenters. The summed E-state index contributed by atoms with van der Waals surface area (Å²) in [6.45, 7) is 0.857. The van der Waals surface area contributed by atoms with Crippen molar-refractivity contribution in [3.8, 4) is 17.2 Å². The number of hydrogen-bond donors (Lipinski definition) is 1. The molecule has 5 heteroatoms. The molecule has 0 aliphatic rings. The van der Waals surface area contributed by atoms with Gasteiger partial charge in [0.2, 0.25) is 0 Å². The van der Waals surface area contributed by atoms with E-state index in [9.17, 15) is 4.79 Å². The maximum Gasteiger partial charge on any atom is 0.251 e. The third kappa shape index (κ3) is 5.04. The number of rotatable bonds is 8. The molecule has 0 aromatic heterocycles. The molecule has 3 rings (SSSR count). The van der Waals surface area contributed by atoms with Crippen LogP contribution in [0, 0.1) is 0 Å². The predicted molar refractivity (Wildman–Crippen MR) is 108 cm³/mol. The van der Waals surface area contributed by atoms with Crippen molar-refractivity contribution in [3.63, 3.8) is 0 Å². The number of benzene rings is 3. The molecule has 0 atom stereocenters. The number of methoxy groups -OCH3 is 2. The Labute approximate surface area is 164 Å². The second kappa shape index (κ2) is 9.46. The molecular formula is C23H23NO4. The Morgan fingerprint density at radius 2 is 1.50 bits per heavy atom. The Balaban J connectivity index is 1.54. The number of nitrogens with one attached hydrogen (secondary N) is 1. The van der Waals surface area contributed by atoms with Crippen molar-refractivity contribution < 1.29 is 19.0 Å². The number of hydrogen-bond acceptors (Lipinski definition) is 4. The summed E-state index contributed by atoms with van der Waals surface area (Å²) in [5, 5.41) is 2.91. The predicted octanol–water partition coefficient (Wildman–Crippen LogP) is 4.21. The largest absolute Gasteiger partial charge is 0.493 e. The highest BCUT2D eigenvalue weighted by Crippen LogP contribution is 2.27. The Morgan fingerprint density at radius 3 is 2.18 bits per heavy atom. The van der Waals surface area contributed by atoms with Crippen LogP contribution in [0.5, 0.6) is 17.2 Å². The van der Waals surface area contributed by atoms with Gasteiger partial charge in [-0.25, -0.2) is 0 Å².